The van der Waals surface area contributed by atoms with Gasteiger partial charge in [0, 0.05) is 31.1 Å². The number of benzene rings is 1. The molecule has 1 aliphatic heterocycles. The number of halogens is 2. The first-order valence-corrected chi connectivity index (χ1v) is 12.1. The lowest BCUT2D eigenvalue weighted by Crippen LogP contribution is -2.50. The second-order valence-corrected chi connectivity index (χ2v) is 10.4. The summed E-state index contributed by atoms with van der Waals surface area (Å²) in [6.45, 7) is 3.81. The van der Waals surface area contributed by atoms with Crippen LogP contribution in [-0.4, -0.2) is 54.7 Å². The molecule has 2 saturated carbocycles. The number of aliphatic hydroxyl groups is 1. The van der Waals surface area contributed by atoms with Gasteiger partial charge in [0.2, 0.25) is 5.91 Å². The molecule has 2 aliphatic carbocycles. The van der Waals surface area contributed by atoms with Crippen molar-refractivity contribution >= 4 is 11.8 Å². The second-order valence-electron chi connectivity index (χ2n) is 10.4. The van der Waals surface area contributed by atoms with Gasteiger partial charge in [0.15, 0.2) is 11.6 Å². The molecular formula is C25H34F2N2O4. The van der Waals surface area contributed by atoms with Gasteiger partial charge in [-0.25, -0.2) is 8.78 Å². The van der Waals surface area contributed by atoms with Gasteiger partial charge in [0.1, 0.15) is 5.82 Å². The van der Waals surface area contributed by atoms with Gasteiger partial charge in [-0.05, 0) is 68.8 Å². The van der Waals surface area contributed by atoms with Crippen LogP contribution in [0.15, 0.2) is 12.1 Å². The standard InChI is InChI=1S/C25H34F2N2O4/c1-24(4-5-24)23(32)29-9-6-25(7-10-29)15-17(16-25)3-2-12-33-21-14-19(26)18(13-20(21)27)22(31)28-8-11-30/h13-14,17,30H,2-12,15-16H2,1H3,(H,28,31). The Labute approximate surface area is 193 Å². The molecule has 6 nitrogen and oxygen atoms in total. The van der Waals surface area contributed by atoms with Gasteiger partial charge < -0.3 is 20.1 Å². The second kappa shape index (κ2) is 9.57. The number of amides is 2. The Balaban J connectivity index is 1.16. The minimum atomic E-state index is -0.858. The number of rotatable bonds is 9. The number of nitrogens with zero attached hydrogens (tertiary/aromatic N) is 1. The molecule has 1 aromatic carbocycles. The lowest BCUT2D eigenvalue weighted by atomic mass is 9.56. The number of likely N-dealkylation sites (tertiary alicyclic amines) is 1. The number of piperidine rings is 1. The number of hydrogen-bond acceptors (Lipinski definition) is 4. The summed E-state index contributed by atoms with van der Waals surface area (Å²) in [5, 5.41) is 11.0. The van der Waals surface area contributed by atoms with E-state index in [1.807, 2.05) is 0 Å². The molecule has 8 heteroatoms. The molecule has 1 saturated heterocycles. The predicted octanol–water partition coefficient (Wildman–Crippen LogP) is 3.66. The van der Waals surface area contributed by atoms with E-state index in [0.717, 1.165) is 63.7 Å². The number of ether oxygens (including phenoxy) is 1. The maximum atomic E-state index is 14.2. The molecule has 0 bridgehead atoms. The van der Waals surface area contributed by atoms with Crippen molar-refractivity contribution in [1.29, 1.82) is 0 Å². The smallest absolute Gasteiger partial charge is 0.254 e. The molecule has 1 spiro atoms. The van der Waals surface area contributed by atoms with Crippen LogP contribution in [0.2, 0.25) is 0 Å². The Bertz CT molecular complexity index is 887. The summed E-state index contributed by atoms with van der Waals surface area (Å²) in [5.41, 5.74) is -0.108. The van der Waals surface area contributed by atoms with E-state index >= 15 is 0 Å². The normalized spacial score (nSPS) is 20.9. The lowest BCUT2D eigenvalue weighted by molar-refractivity contribution is -0.140. The number of hydrogen-bond donors (Lipinski definition) is 2. The van der Waals surface area contributed by atoms with Gasteiger partial charge in [-0.1, -0.05) is 6.92 Å². The largest absolute Gasteiger partial charge is 0.490 e. The number of aliphatic hydroxyl groups excluding tert-OH is 1. The molecule has 2 amide bonds. The quantitative estimate of drug-likeness (QED) is 0.547. The van der Waals surface area contributed by atoms with Gasteiger partial charge in [0.05, 0.1) is 18.8 Å². The number of carbonyl (C=O) groups excluding carboxylic acids is 2. The van der Waals surface area contributed by atoms with E-state index < -0.39 is 23.1 Å². The third-order valence-electron chi connectivity index (χ3n) is 7.75. The van der Waals surface area contributed by atoms with E-state index in [1.54, 1.807) is 0 Å². The Kier molecular flexibility index (Phi) is 6.93. The highest BCUT2D eigenvalue weighted by molar-refractivity contribution is 5.94. The Hall–Kier alpha value is -2.22. The predicted molar refractivity (Wildman–Crippen MR) is 119 cm³/mol. The fourth-order valence-electron chi connectivity index (χ4n) is 5.38. The fraction of sp³-hybridized carbons (Fsp3) is 0.680. The summed E-state index contributed by atoms with van der Waals surface area (Å²) in [6.07, 6.45) is 8.31. The molecule has 3 fully saturated rings. The highest BCUT2D eigenvalue weighted by Crippen LogP contribution is 2.55. The van der Waals surface area contributed by atoms with E-state index in [1.165, 1.54) is 12.8 Å². The van der Waals surface area contributed by atoms with Crippen LogP contribution < -0.4 is 10.1 Å². The summed E-state index contributed by atoms with van der Waals surface area (Å²) in [4.78, 5) is 26.4. The first-order chi connectivity index (χ1) is 15.8. The minimum absolute atomic E-state index is 0.0313. The van der Waals surface area contributed by atoms with Gasteiger partial charge in [-0.2, -0.15) is 0 Å². The molecule has 3 aliphatic rings. The van der Waals surface area contributed by atoms with Gasteiger partial charge in [0.25, 0.3) is 5.91 Å². The minimum Gasteiger partial charge on any atom is -0.490 e. The first-order valence-electron chi connectivity index (χ1n) is 12.1. The zero-order valence-corrected chi connectivity index (χ0v) is 19.3. The van der Waals surface area contributed by atoms with Crippen molar-refractivity contribution in [2.24, 2.45) is 16.7 Å². The van der Waals surface area contributed by atoms with Crippen molar-refractivity contribution < 1.29 is 28.2 Å². The summed E-state index contributed by atoms with van der Waals surface area (Å²) in [5.74, 6) is -1.65. The van der Waals surface area contributed by atoms with Crippen molar-refractivity contribution in [2.45, 2.75) is 58.3 Å². The fourth-order valence-corrected chi connectivity index (χ4v) is 5.38. The molecule has 0 atom stereocenters. The van der Waals surface area contributed by atoms with Crippen molar-refractivity contribution in [3.8, 4) is 5.75 Å². The van der Waals surface area contributed by atoms with Crippen LogP contribution in [0.3, 0.4) is 0 Å². The Morgan fingerprint density at radius 3 is 2.48 bits per heavy atom. The third kappa shape index (κ3) is 5.31. The van der Waals surface area contributed by atoms with E-state index in [2.05, 4.69) is 17.1 Å². The molecule has 0 aromatic heterocycles. The molecule has 0 unspecified atom stereocenters. The van der Waals surface area contributed by atoms with E-state index in [9.17, 15) is 18.4 Å². The van der Waals surface area contributed by atoms with Gasteiger partial charge in [-0.3, -0.25) is 9.59 Å². The SMILES string of the molecule is CC1(C(=O)N2CCC3(CC2)CC(CCCOc2cc(F)c(C(=O)NCCO)cc2F)C3)CC1. The molecule has 2 N–H and O–H groups in total. The Morgan fingerprint density at radius 1 is 1.15 bits per heavy atom. The summed E-state index contributed by atoms with van der Waals surface area (Å²) in [6, 6.07) is 1.73. The molecular weight excluding hydrogens is 430 g/mol. The molecule has 1 heterocycles. The average Bonchev–Trinajstić information content (AvgIpc) is 3.54. The molecule has 0 radical (unpaired) electrons. The number of nitrogens with one attached hydrogen (secondary N) is 1. The van der Waals surface area contributed by atoms with Crippen LogP contribution in [-0.2, 0) is 4.79 Å². The van der Waals surface area contributed by atoms with Gasteiger partial charge in [-0.15, -0.1) is 0 Å². The highest BCUT2D eigenvalue weighted by Gasteiger charge is 2.50. The molecule has 182 valence electrons. The molecule has 33 heavy (non-hydrogen) atoms. The van der Waals surface area contributed by atoms with Crippen molar-refractivity contribution in [2.75, 3.05) is 32.8 Å². The first kappa shape index (κ1) is 23.9. The van der Waals surface area contributed by atoms with Crippen LogP contribution in [0.5, 0.6) is 5.75 Å². The average molecular weight is 465 g/mol. The van der Waals surface area contributed by atoms with Crippen molar-refractivity contribution in [3.63, 3.8) is 0 Å². The summed E-state index contributed by atoms with van der Waals surface area (Å²) < 4.78 is 33.8. The monoisotopic (exact) mass is 464 g/mol. The van der Waals surface area contributed by atoms with E-state index in [4.69, 9.17) is 9.84 Å². The van der Waals surface area contributed by atoms with Gasteiger partial charge >= 0.3 is 0 Å². The van der Waals surface area contributed by atoms with Crippen LogP contribution in [0, 0.1) is 28.4 Å². The third-order valence-corrected chi connectivity index (χ3v) is 7.75. The van der Waals surface area contributed by atoms with E-state index in [0.29, 0.717) is 17.2 Å². The summed E-state index contributed by atoms with van der Waals surface area (Å²) in [7, 11) is 0. The van der Waals surface area contributed by atoms with Crippen LogP contribution in [0.1, 0.15) is 68.6 Å². The van der Waals surface area contributed by atoms with Crippen LogP contribution in [0.4, 0.5) is 8.78 Å². The van der Waals surface area contributed by atoms with Crippen molar-refractivity contribution in [3.05, 3.63) is 29.3 Å². The maximum absolute atomic E-state index is 14.2. The highest BCUT2D eigenvalue weighted by atomic mass is 19.1. The number of carbonyl (C=O) groups is 2. The molecule has 1 aromatic rings. The topological polar surface area (TPSA) is 78.9 Å². The molecule has 4 rings (SSSR count). The lowest BCUT2D eigenvalue weighted by Gasteiger charge is -2.52. The maximum Gasteiger partial charge on any atom is 0.254 e. The zero-order chi connectivity index (χ0) is 23.6. The zero-order valence-electron chi connectivity index (χ0n) is 19.3. The Morgan fingerprint density at radius 2 is 1.85 bits per heavy atom. The van der Waals surface area contributed by atoms with E-state index in [-0.39, 0.29) is 30.9 Å². The summed E-state index contributed by atoms with van der Waals surface area (Å²) >= 11 is 0. The van der Waals surface area contributed by atoms with Crippen molar-refractivity contribution in [1.82, 2.24) is 10.2 Å². The van der Waals surface area contributed by atoms with Crippen LogP contribution in [0.25, 0.3) is 0 Å². The van der Waals surface area contributed by atoms with Crippen LogP contribution >= 0.6 is 0 Å².